The van der Waals surface area contributed by atoms with E-state index in [1.54, 1.807) is 0 Å². The number of guanidine groups is 1. The number of benzene rings is 1. The van der Waals surface area contributed by atoms with Crippen LogP contribution in [0.4, 0.5) is 0 Å². The lowest BCUT2D eigenvalue weighted by Gasteiger charge is -2.16. The van der Waals surface area contributed by atoms with Gasteiger partial charge in [0, 0.05) is 39.1 Å². The highest BCUT2D eigenvalue weighted by Gasteiger charge is 2.17. The topological polar surface area (TPSA) is 60.0 Å². The Morgan fingerprint density at radius 2 is 1.59 bits per heavy atom. The number of nitrogens with zero attached hydrogens (tertiary/aromatic N) is 3. The minimum Gasteiger partial charge on any atom is -0.357 e. The van der Waals surface area contributed by atoms with Gasteiger partial charge in [-0.15, -0.1) is 24.0 Å². The van der Waals surface area contributed by atoms with Crippen LogP contribution >= 0.6 is 24.0 Å². The molecule has 0 unspecified atom stereocenters. The predicted octanol–water partition coefficient (Wildman–Crippen LogP) is 2.97. The number of carbonyl (C=O) groups excluding carboxylic acids is 1. The maximum absolute atomic E-state index is 12.1. The van der Waals surface area contributed by atoms with Crippen LogP contribution in [0.15, 0.2) is 29.3 Å². The first-order valence-electron chi connectivity index (χ1n) is 10.8. The standard InChI is InChI=1S/C22H35N5O.HI/c1-2-23-22(24-12-11-21(28)27-15-5-6-16-27)25-17-19-7-9-20(10-8-19)18-26-13-3-4-14-26;/h7-10H,2-6,11-18H2,1H3,(H2,23,24,25);1H. The molecule has 0 spiro atoms. The molecule has 2 N–H and O–H groups in total. The van der Waals surface area contributed by atoms with Gasteiger partial charge in [0.05, 0.1) is 6.54 Å². The first-order valence-corrected chi connectivity index (χ1v) is 10.8. The highest BCUT2D eigenvalue weighted by Crippen LogP contribution is 2.13. The Morgan fingerprint density at radius 3 is 2.24 bits per heavy atom. The molecule has 1 aromatic carbocycles. The molecule has 3 rings (SSSR count). The lowest BCUT2D eigenvalue weighted by atomic mass is 10.1. The first-order chi connectivity index (χ1) is 13.7. The number of aliphatic imine (C=N–C) groups is 1. The van der Waals surface area contributed by atoms with E-state index in [2.05, 4.69) is 51.7 Å². The summed E-state index contributed by atoms with van der Waals surface area (Å²) in [5.74, 6) is 1.02. The zero-order valence-electron chi connectivity index (χ0n) is 17.7. The van der Waals surface area contributed by atoms with Gasteiger partial charge in [-0.25, -0.2) is 4.99 Å². The lowest BCUT2D eigenvalue weighted by Crippen LogP contribution is -2.39. The molecule has 0 aliphatic carbocycles. The Bertz CT molecular complexity index is 637. The number of carbonyl (C=O) groups is 1. The normalized spacial score (nSPS) is 17.3. The number of amides is 1. The van der Waals surface area contributed by atoms with Crippen LogP contribution in [0.25, 0.3) is 0 Å². The van der Waals surface area contributed by atoms with Crippen molar-refractivity contribution in [2.45, 2.75) is 52.1 Å². The van der Waals surface area contributed by atoms with Crippen LogP contribution < -0.4 is 10.6 Å². The summed E-state index contributed by atoms with van der Waals surface area (Å²) in [5.41, 5.74) is 2.58. The molecule has 2 heterocycles. The van der Waals surface area contributed by atoms with Crippen molar-refractivity contribution in [1.82, 2.24) is 20.4 Å². The summed E-state index contributed by atoms with van der Waals surface area (Å²) in [4.78, 5) is 21.3. The second kappa shape index (κ2) is 13.1. The van der Waals surface area contributed by atoms with Crippen LogP contribution in [0.3, 0.4) is 0 Å². The Kier molecular flexibility index (Phi) is 10.8. The number of likely N-dealkylation sites (tertiary alicyclic amines) is 2. The van der Waals surface area contributed by atoms with E-state index >= 15 is 0 Å². The third-order valence-corrected chi connectivity index (χ3v) is 5.48. The minimum absolute atomic E-state index is 0. The van der Waals surface area contributed by atoms with E-state index in [1.165, 1.54) is 37.1 Å². The maximum Gasteiger partial charge on any atom is 0.224 e. The third kappa shape index (κ3) is 8.12. The van der Waals surface area contributed by atoms with E-state index in [-0.39, 0.29) is 29.9 Å². The Hall–Kier alpha value is -1.35. The molecule has 7 heteroatoms. The lowest BCUT2D eigenvalue weighted by molar-refractivity contribution is -0.129. The van der Waals surface area contributed by atoms with Crippen molar-refractivity contribution in [2.24, 2.45) is 4.99 Å². The number of hydrogen-bond acceptors (Lipinski definition) is 3. The highest BCUT2D eigenvalue weighted by molar-refractivity contribution is 14.0. The average molecular weight is 513 g/mol. The van der Waals surface area contributed by atoms with Crippen molar-refractivity contribution in [2.75, 3.05) is 39.3 Å². The average Bonchev–Trinajstić information content (AvgIpc) is 3.41. The third-order valence-electron chi connectivity index (χ3n) is 5.48. The number of hydrogen-bond donors (Lipinski definition) is 2. The van der Waals surface area contributed by atoms with Gasteiger partial charge < -0.3 is 15.5 Å². The van der Waals surface area contributed by atoms with Gasteiger partial charge in [-0.05, 0) is 56.8 Å². The minimum atomic E-state index is 0. The molecule has 29 heavy (non-hydrogen) atoms. The monoisotopic (exact) mass is 513 g/mol. The van der Waals surface area contributed by atoms with Gasteiger partial charge in [-0.2, -0.15) is 0 Å². The fourth-order valence-corrected chi connectivity index (χ4v) is 3.87. The Balaban J connectivity index is 0.00000300. The number of nitrogens with one attached hydrogen (secondary N) is 2. The van der Waals surface area contributed by atoms with Gasteiger partial charge in [-0.3, -0.25) is 9.69 Å². The van der Waals surface area contributed by atoms with Gasteiger partial charge in [0.15, 0.2) is 5.96 Å². The van der Waals surface area contributed by atoms with Crippen LogP contribution in [-0.2, 0) is 17.9 Å². The molecular weight excluding hydrogens is 477 g/mol. The fraction of sp³-hybridized carbons (Fsp3) is 0.636. The summed E-state index contributed by atoms with van der Waals surface area (Å²) < 4.78 is 0. The van der Waals surface area contributed by atoms with Gasteiger partial charge in [0.25, 0.3) is 0 Å². The van der Waals surface area contributed by atoms with Crippen molar-refractivity contribution < 1.29 is 4.79 Å². The summed E-state index contributed by atoms with van der Waals surface area (Å²) in [6.45, 7) is 9.46. The highest BCUT2D eigenvalue weighted by atomic mass is 127. The summed E-state index contributed by atoms with van der Waals surface area (Å²) in [6, 6.07) is 8.79. The van der Waals surface area contributed by atoms with Crippen LogP contribution in [0.5, 0.6) is 0 Å². The molecular formula is C22H36IN5O. The first kappa shape index (κ1) is 23.9. The molecule has 2 fully saturated rings. The molecule has 1 aromatic rings. The summed E-state index contributed by atoms with van der Waals surface area (Å²) >= 11 is 0. The van der Waals surface area contributed by atoms with E-state index in [0.717, 1.165) is 45.0 Å². The molecule has 0 atom stereocenters. The smallest absolute Gasteiger partial charge is 0.224 e. The van der Waals surface area contributed by atoms with Crippen molar-refractivity contribution in [3.8, 4) is 0 Å². The summed E-state index contributed by atoms with van der Waals surface area (Å²) in [5, 5.41) is 6.55. The van der Waals surface area contributed by atoms with Crippen molar-refractivity contribution in [1.29, 1.82) is 0 Å². The van der Waals surface area contributed by atoms with E-state index in [1.807, 2.05) is 4.90 Å². The zero-order valence-corrected chi connectivity index (χ0v) is 20.0. The van der Waals surface area contributed by atoms with Crippen molar-refractivity contribution in [3.05, 3.63) is 35.4 Å². The molecule has 2 aliphatic heterocycles. The molecule has 0 aromatic heterocycles. The molecule has 2 saturated heterocycles. The quantitative estimate of drug-likeness (QED) is 0.319. The van der Waals surface area contributed by atoms with Gasteiger partial charge >= 0.3 is 0 Å². The van der Waals surface area contributed by atoms with Gasteiger partial charge in [0.2, 0.25) is 5.91 Å². The molecule has 0 radical (unpaired) electrons. The van der Waals surface area contributed by atoms with Gasteiger partial charge in [-0.1, -0.05) is 24.3 Å². The van der Waals surface area contributed by atoms with Crippen molar-refractivity contribution in [3.63, 3.8) is 0 Å². The van der Waals surface area contributed by atoms with E-state index in [0.29, 0.717) is 19.5 Å². The molecule has 2 aliphatic rings. The van der Waals surface area contributed by atoms with Crippen LogP contribution in [0.2, 0.25) is 0 Å². The van der Waals surface area contributed by atoms with E-state index < -0.39 is 0 Å². The predicted molar refractivity (Wildman–Crippen MR) is 130 cm³/mol. The molecule has 6 nitrogen and oxygen atoms in total. The number of halogens is 1. The molecule has 0 saturated carbocycles. The van der Waals surface area contributed by atoms with Gasteiger partial charge in [0.1, 0.15) is 0 Å². The van der Waals surface area contributed by atoms with Crippen molar-refractivity contribution >= 4 is 35.8 Å². The van der Waals surface area contributed by atoms with E-state index in [4.69, 9.17) is 0 Å². The number of rotatable bonds is 8. The summed E-state index contributed by atoms with van der Waals surface area (Å²) in [7, 11) is 0. The maximum atomic E-state index is 12.1. The Labute approximate surface area is 192 Å². The second-order valence-electron chi connectivity index (χ2n) is 7.76. The Morgan fingerprint density at radius 1 is 0.966 bits per heavy atom. The second-order valence-corrected chi connectivity index (χ2v) is 7.76. The molecule has 162 valence electrons. The SMILES string of the molecule is CCNC(=NCc1ccc(CN2CCCC2)cc1)NCCC(=O)N1CCCC1.I. The van der Waals surface area contributed by atoms with Crippen LogP contribution in [-0.4, -0.2) is 60.9 Å². The van der Waals surface area contributed by atoms with Crippen LogP contribution in [0.1, 0.15) is 50.2 Å². The zero-order chi connectivity index (χ0) is 19.6. The van der Waals surface area contributed by atoms with E-state index in [9.17, 15) is 4.79 Å². The molecule has 1 amide bonds. The fourth-order valence-electron chi connectivity index (χ4n) is 3.87. The van der Waals surface area contributed by atoms with Crippen LogP contribution in [0, 0.1) is 0 Å². The summed E-state index contributed by atoms with van der Waals surface area (Å²) in [6.07, 6.45) is 5.46. The molecule has 0 bridgehead atoms. The largest absolute Gasteiger partial charge is 0.357 e.